The second-order valence-electron chi connectivity index (χ2n) is 10.3. The van der Waals surface area contributed by atoms with Crippen molar-refractivity contribution in [1.82, 2.24) is 14.7 Å². The number of nitrogens with zero attached hydrogens (tertiary/aromatic N) is 3. The van der Waals surface area contributed by atoms with E-state index in [-0.39, 0.29) is 29.3 Å². The minimum absolute atomic E-state index is 0.179. The summed E-state index contributed by atoms with van der Waals surface area (Å²) in [6.07, 6.45) is 5.71. The number of fused-ring (bicyclic) bond motifs is 3. The molecule has 4 fully saturated rings. The molecular formula is C22H39N3O2. The van der Waals surface area contributed by atoms with Gasteiger partial charge in [-0.15, -0.1) is 0 Å². The lowest BCUT2D eigenvalue weighted by molar-refractivity contribution is -0.164. The van der Waals surface area contributed by atoms with Gasteiger partial charge in [0.15, 0.2) is 0 Å². The minimum Gasteiger partial charge on any atom is -0.335 e. The van der Waals surface area contributed by atoms with Crippen LogP contribution in [0, 0.1) is 11.3 Å². The van der Waals surface area contributed by atoms with E-state index in [0.29, 0.717) is 19.0 Å². The Balaban J connectivity index is 1.71. The summed E-state index contributed by atoms with van der Waals surface area (Å²) in [5.74, 6) is 0.824. The molecule has 0 N–H and O–H groups in total. The molecule has 2 atom stereocenters. The molecule has 0 aromatic carbocycles. The topological polar surface area (TPSA) is 43.9 Å². The van der Waals surface area contributed by atoms with Gasteiger partial charge >= 0.3 is 0 Å². The van der Waals surface area contributed by atoms with Gasteiger partial charge in [-0.3, -0.25) is 14.5 Å². The average Bonchev–Trinajstić information content (AvgIpc) is 2.67. The quantitative estimate of drug-likeness (QED) is 0.756. The summed E-state index contributed by atoms with van der Waals surface area (Å²) in [7, 11) is 0. The number of piperidine rings is 3. The molecule has 2 unspecified atom stereocenters. The minimum atomic E-state index is -0.441. The molecular weight excluding hydrogens is 338 g/mol. The number of carbonyl (C=O) groups is 2. The number of piperazine rings is 1. The second-order valence-corrected chi connectivity index (χ2v) is 10.3. The van der Waals surface area contributed by atoms with E-state index in [1.807, 2.05) is 0 Å². The van der Waals surface area contributed by atoms with Gasteiger partial charge in [0.2, 0.25) is 11.8 Å². The summed E-state index contributed by atoms with van der Waals surface area (Å²) in [6.45, 7) is 16.0. The van der Waals surface area contributed by atoms with Gasteiger partial charge in [-0.1, -0.05) is 34.1 Å². The van der Waals surface area contributed by atoms with Crippen molar-refractivity contribution in [3.63, 3.8) is 0 Å². The predicted molar refractivity (Wildman–Crippen MR) is 108 cm³/mol. The monoisotopic (exact) mass is 377 g/mol. The highest BCUT2D eigenvalue weighted by molar-refractivity contribution is 5.87. The summed E-state index contributed by atoms with van der Waals surface area (Å²) >= 11 is 0. The number of hydrogen-bond acceptors (Lipinski definition) is 3. The first-order chi connectivity index (χ1) is 12.6. The third-order valence-corrected chi connectivity index (χ3v) is 7.72. The molecule has 4 rings (SSSR count). The normalized spacial score (nSPS) is 27.4. The first-order valence-corrected chi connectivity index (χ1v) is 10.9. The lowest BCUT2D eigenvalue weighted by Crippen LogP contribution is -2.70. The lowest BCUT2D eigenvalue weighted by Gasteiger charge is -2.55. The van der Waals surface area contributed by atoms with E-state index in [4.69, 9.17) is 0 Å². The van der Waals surface area contributed by atoms with Crippen LogP contribution in [-0.2, 0) is 9.59 Å². The fourth-order valence-electron chi connectivity index (χ4n) is 4.88. The molecule has 154 valence electrons. The molecule has 4 aliphatic heterocycles. The van der Waals surface area contributed by atoms with E-state index < -0.39 is 5.54 Å². The maximum Gasteiger partial charge on any atom is 0.242 e. The second kappa shape index (κ2) is 7.38. The van der Waals surface area contributed by atoms with Crippen molar-refractivity contribution in [3.8, 4) is 0 Å². The Hall–Kier alpha value is -1.10. The van der Waals surface area contributed by atoms with E-state index in [1.54, 1.807) is 0 Å². The molecule has 0 spiro atoms. The van der Waals surface area contributed by atoms with Crippen molar-refractivity contribution >= 4 is 11.8 Å². The summed E-state index contributed by atoms with van der Waals surface area (Å²) in [6, 6.07) is 0.361. The first kappa shape index (κ1) is 20.6. The Morgan fingerprint density at radius 3 is 1.74 bits per heavy atom. The Morgan fingerprint density at radius 2 is 1.30 bits per heavy atom. The SMILES string of the molecule is CC(C)C(C)(C)C(=O)N1CC2CCC1CN2C(=O)C(C)(C)N1CCCCC1. The van der Waals surface area contributed by atoms with Crippen molar-refractivity contribution in [1.29, 1.82) is 0 Å². The Kier molecular flexibility index (Phi) is 5.64. The van der Waals surface area contributed by atoms with E-state index in [1.165, 1.54) is 19.3 Å². The Morgan fingerprint density at radius 1 is 0.815 bits per heavy atom. The van der Waals surface area contributed by atoms with Crippen LogP contribution in [0.4, 0.5) is 0 Å². The smallest absolute Gasteiger partial charge is 0.242 e. The summed E-state index contributed by atoms with van der Waals surface area (Å²) in [5.41, 5.74) is -0.788. The van der Waals surface area contributed by atoms with Crippen LogP contribution in [-0.4, -0.2) is 70.3 Å². The highest BCUT2D eigenvalue weighted by Crippen LogP contribution is 2.37. The van der Waals surface area contributed by atoms with Crippen LogP contribution in [0.25, 0.3) is 0 Å². The zero-order valence-electron chi connectivity index (χ0n) is 18.3. The number of amides is 2. The molecule has 2 amide bonds. The number of hydrogen-bond donors (Lipinski definition) is 0. The lowest BCUT2D eigenvalue weighted by atomic mass is 9.78. The molecule has 0 aromatic heterocycles. The van der Waals surface area contributed by atoms with Crippen LogP contribution >= 0.6 is 0 Å². The third-order valence-electron chi connectivity index (χ3n) is 7.72. The van der Waals surface area contributed by atoms with Crippen LogP contribution in [0.3, 0.4) is 0 Å². The highest BCUT2D eigenvalue weighted by atomic mass is 16.2. The average molecular weight is 378 g/mol. The largest absolute Gasteiger partial charge is 0.335 e. The van der Waals surface area contributed by atoms with Crippen LogP contribution in [0.2, 0.25) is 0 Å². The van der Waals surface area contributed by atoms with Crippen molar-refractivity contribution in [2.45, 2.75) is 91.3 Å². The number of carbonyl (C=O) groups excluding carboxylic acids is 2. The fraction of sp³-hybridized carbons (Fsp3) is 0.909. The van der Waals surface area contributed by atoms with E-state index in [0.717, 1.165) is 25.9 Å². The predicted octanol–water partition coefficient (Wildman–Crippen LogP) is 3.13. The van der Waals surface area contributed by atoms with Crippen LogP contribution in [0.1, 0.15) is 73.6 Å². The van der Waals surface area contributed by atoms with Crippen molar-refractivity contribution < 1.29 is 9.59 Å². The van der Waals surface area contributed by atoms with Crippen molar-refractivity contribution in [2.75, 3.05) is 26.2 Å². The van der Waals surface area contributed by atoms with E-state index >= 15 is 0 Å². The van der Waals surface area contributed by atoms with E-state index in [9.17, 15) is 9.59 Å². The Bertz CT molecular complexity index is 578. The van der Waals surface area contributed by atoms with Gasteiger partial charge in [0, 0.05) is 30.6 Å². The van der Waals surface area contributed by atoms with Gasteiger partial charge in [-0.25, -0.2) is 0 Å². The van der Waals surface area contributed by atoms with E-state index in [2.05, 4.69) is 56.2 Å². The Labute approximate surface area is 165 Å². The maximum absolute atomic E-state index is 13.5. The highest BCUT2D eigenvalue weighted by Gasteiger charge is 2.49. The molecule has 5 nitrogen and oxygen atoms in total. The van der Waals surface area contributed by atoms with Crippen LogP contribution < -0.4 is 0 Å². The molecule has 0 aromatic rings. The fourth-order valence-corrected chi connectivity index (χ4v) is 4.88. The number of rotatable bonds is 4. The van der Waals surface area contributed by atoms with Gasteiger partial charge in [-0.05, 0) is 58.5 Å². The van der Waals surface area contributed by atoms with Crippen molar-refractivity contribution in [2.24, 2.45) is 11.3 Å². The van der Waals surface area contributed by atoms with Gasteiger partial charge in [0.25, 0.3) is 0 Å². The molecule has 0 radical (unpaired) electrons. The molecule has 5 heteroatoms. The van der Waals surface area contributed by atoms with Gasteiger partial charge in [-0.2, -0.15) is 0 Å². The summed E-state index contributed by atoms with van der Waals surface area (Å²) < 4.78 is 0. The van der Waals surface area contributed by atoms with Gasteiger partial charge < -0.3 is 9.80 Å². The molecule has 4 saturated heterocycles. The molecule has 4 heterocycles. The van der Waals surface area contributed by atoms with Crippen LogP contribution in [0.15, 0.2) is 0 Å². The molecule has 4 aliphatic rings. The van der Waals surface area contributed by atoms with Crippen LogP contribution in [0.5, 0.6) is 0 Å². The first-order valence-electron chi connectivity index (χ1n) is 10.9. The van der Waals surface area contributed by atoms with Gasteiger partial charge in [0.05, 0.1) is 5.54 Å². The molecule has 0 saturated carbocycles. The zero-order valence-corrected chi connectivity index (χ0v) is 18.3. The molecule has 2 bridgehead atoms. The molecule has 27 heavy (non-hydrogen) atoms. The summed E-state index contributed by atoms with van der Waals surface area (Å²) in [4.78, 5) is 33.2. The van der Waals surface area contributed by atoms with Gasteiger partial charge in [0.1, 0.15) is 0 Å². The maximum atomic E-state index is 13.5. The van der Waals surface area contributed by atoms with Crippen molar-refractivity contribution in [3.05, 3.63) is 0 Å². The standard InChI is InChI=1S/C22H39N3O2/c1-16(2)21(3,4)19(26)24-14-18-11-10-17(24)15-25(18)20(27)22(5,6)23-12-8-7-9-13-23/h16-18H,7-15H2,1-6H3. The molecule has 0 aliphatic carbocycles. The number of likely N-dealkylation sites (tertiary alicyclic amines) is 1. The third kappa shape index (κ3) is 3.64. The summed E-state index contributed by atoms with van der Waals surface area (Å²) in [5, 5.41) is 0. The zero-order chi connectivity index (χ0) is 20.0.